The minimum absolute atomic E-state index is 0.0556. The number of allylic oxidation sites excluding steroid dienone is 2. The van der Waals surface area contributed by atoms with Crippen LogP contribution in [0.4, 0.5) is 5.69 Å². The molecule has 3 atom stereocenters. The Bertz CT molecular complexity index is 1310. The van der Waals surface area contributed by atoms with Gasteiger partial charge in [-0.2, -0.15) is 0 Å². The van der Waals surface area contributed by atoms with Crippen molar-refractivity contribution in [3.63, 3.8) is 0 Å². The molecule has 0 bridgehead atoms. The van der Waals surface area contributed by atoms with E-state index in [4.69, 9.17) is 9.47 Å². The number of likely N-dealkylation sites (tertiary alicyclic amines) is 1. The molecule has 43 heavy (non-hydrogen) atoms. The summed E-state index contributed by atoms with van der Waals surface area (Å²) >= 11 is 0. The van der Waals surface area contributed by atoms with Crippen molar-refractivity contribution in [3.05, 3.63) is 71.8 Å². The molecule has 2 aromatic rings. The first-order valence-electron chi connectivity index (χ1n) is 15.4. The van der Waals surface area contributed by atoms with Crippen LogP contribution in [0.25, 0.3) is 0 Å². The van der Waals surface area contributed by atoms with Crippen LogP contribution in [0, 0.1) is 18.3 Å². The number of carbonyl (C=O) groups excluding carboxylic acids is 3. The number of piperidine rings is 1. The third kappa shape index (κ3) is 7.83. The second kappa shape index (κ2) is 14.2. The molecule has 2 fully saturated rings. The standard InChI is InChI=1S/C34H44N4O5/c1-24-11-12-30(42-2)28(20-24)35-31(39)23-38-17-13-27-26(22-38)10-6-7-14-34(15-18-43-19-16-34)33(41)37-29(32(40)36-27)21-25-8-4-3-5-9-25/h3-9,11-12,20,26-27,29H,10,13-19,21-23H2,1-2H3,(H,35,39)(H,36,40)(H,37,41)/b7-6+/t26-,27+,29+/m0/s1. The van der Waals surface area contributed by atoms with Crippen molar-refractivity contribution >= 4 is 23.4 Å². The van der Waals surface area contributed by atoms with Gasteiger partial charge in [0.25, 0.3) is 0 Å². The molecule has 3 heterocycles. The fourth-order valence-electron chi connectivity index (χ4n) is 6.51. The summed E-state index contributed by atoms with van der Waals surface area (Å²) in [5.41, 5.74) is 2.11. The molecular formula is C34H44N4O5. The number of amides is 3. The second-order valence-corrected chi connectivity index (χ2v) is 12.2. The molecule has 0 aliphatic carbocycles. The minimum Gasteiger partial charge on any atom is -0.495 e. The molecule has 2 saturated heterocycles. The number of rotatable bonds is 6. The zero-order chi connectivity index (χ0) is 30.2. The lowest BCUT2D eigenvalue weighted by Gasteiger charge is -2.40. The van der Waals surface area contributed by atoms with Gasteiger partial charge in [0.2, 0.25) is 17.7 Å². The van der Waals surface area contributed by atoms with E-state index in [2.05, 4.69) is 33.0 Å². The summed E-state index contributed by atoms with van der Waals surface area (Å²) in [4.78, 5) is 42.8. The summed E-state index contributed by atoms with van der Waals surface area (Å²) in [7, 11) is 1.59. The highest BCUT2D eigenvalue weighted by molar-refractivity contribution is 5.94. The number of hydrogen-bond donors (Lipinski definition) is 3. The lowest BCUT2D eigenvalue weighted by atomic mass is 9.75. The molecule has 1 spiro atoms. The fraction of sp³-hybridized carbons (Fsp3) is 0.500. The van der Waals surface area contributed by atoms with Gasteiger partial charge in [0.05, 0.1) is 24.8 Å². The topological polar surface area (TPSA) is 109 Å². The van der Waals surface area contributed by atoms with E-state index in [9.17, 15) is 14.4 Å². The SMILES string of the molecule is COc1ccc(C)cc1NC(=O)CN1CC[C@H]2NC(=O)[C@@H](Cc3ccccc3)NC(=O)C3(C/C=C/C[C@H]2C1)CCOCC3. The average Bonchev–Trinajstić information content (AvgIpc) is 3.00. The van der Waals surface area contributed by atoms with E-state index in [0.29, 0.717) is 63.4 Å². The first kappa shape index (κ1) is 30.8. The molecular weight excluding hydrogens is 544 g/mol. The predicted octanol–water partition coefficient (Wildman–Crippen LogP) is 3.62. The van der Waals surface area contributed by atoms with E-state index in [1.54, 1.807) is 7.11 Å². The van der Waals surface area contributed by atoms with E-state index >= 15 is 0 Å². The number of fused-ring (bicyclic) bond motifs is 1. The molecule has 3 N–H and O–H groups in total. The Balaban J connectivity index is 1.31. The number of ether oxygens (including phenoxy) is 2. The Labute approximate surface area is 254 Å². The molecule has 9 nitrogen and oxygen atoms in total. The van der Waals surface area contributed by atoms with Crippen molar-refractivity contribution in [2.75, 3.05) is 45.3 Å². The highest BCUT2D eigenvalue weighted by Crippen LogP contribution is 2.36. The number of benzene rings is 2. The fourth-order valence-corrected chi connectivity index (χ4v) is 6.51. The monoisotopic (exact) mass is 588 g/mol. The van der Waals surface area contributed by atoms with Gasteiger partial charge in [0.1, 0.15) is 11.8 Å². The van der Waals surface area contributed by atoms with Gasteiger partial charge >= 0.3 is 0 Å². The van der Waals surface area contributed by atoms with Crippen molar-refractivity contribution in [3.8, 4) is 5.75 Å². The lowest BCUT2D eigenvalue weighted by molar-refractivity contribution is -0.140. The second-order valence-electron chi connectivity index (χ2n) is 12.2. The van der Waals surface area contributed by atoms with Crippen molar-refractivity contribution in [1.29, 1.82) is 0 Å². The molecule has 9 heteroatoms. The van der Waals surface area contributed by atoms with Crippen LogP contribution in [-0.2, 0) is 25.5 Å². The van der Waals surface area contributed by atoms with E-state index < -0.39 is 11.5 Å². The molecule has 230 valence electrons. The van der Waals surface area contributed by atoms with Crippen LogP contribution in [0.5, 0.6) is 5.75 Å². The Morgan fingerprint density at radius 1 is 1.09 bits per heavy atom. The molecule has 3 amide bonds. The number of aryl methyl sites for hydroxylation is 1. The largest absolute Gasteiger partial charge is 0.495 e. The number of nitrogens with one attached hydrogen (secondary N) is 3. The number of hydrogen-bond acceptors (Lipinski definition) is 6. The quantitative estimate of drug-likeness (QED) is 0.445. The molecule has 3 aliphatic rings. The third-order valence-electron chi connectivity index (χ3n) is 9.09. The zero-order valence-corrected chi connectivity index (χ0v) is 25.3. The highest BCUT2D eigenvalue weighted by Gasteiger charge is 2.41. The maximum absolute atomic E-state index is 13.8. The van der Waals surface area contributed by atoms with Gasteiger partial charge in [-0.05, 0) is 68.2 Å². The molecule has 0 unspecified atom stereocenters. The van der Waals surface area contributed by atoms with Crippen molar-refractivity contribution in [2.24, 2.45) is 11.3 Å². The van der Waals surface area contributed by atoms with Crippen LogP contribution < -0.4 is 20.7 Å². The Kier molecular flexibility index (Phi) is 10.1. The average molecular weight is 589 g/mol. The summed E-state index contributed by atoms with van der Waals surface area (Å²) in [6, 6.07) is 14.8. The number of carbonyl (C=O) groups is 3. The van der Waals surface area contributed by atoms with E-state index in [-0.39, 0.29) is 36.2 Å². The first-order valence-corrected chi connectivity index (χ1v) is 15.4. The van der Waals surface area contributed by atoms with Crippen molar-refractivity contribution in [1.82, 2.24) is 15.5 Å². The van der Waals surface area contributed by atoms with Crippen molar-refractivity contribution in [2.45, 2.75) is 57.5 Å². The smallest absolute Gasteiger partial charge is 0.243 e. The summed E-state index contributed by atoms with van der Waals surface area (Å²) < 4.78 is 11.0. The van der Waals surface area contributed by atoms with Crippen LogP contribution in [0.1, 0.15) is 43.2 Å². The van der Waals surface area contributed by atoms with Gasteiger partial charge in [-0.15, -0.1) is 0 Å². The molecule has 2 aromatic carbocycles. The lowest BCUT2D eigenvalue weighted by Crippen LogP contribution is -2.58. The summed E-state index contributed by atoms with van der Waals surface area (Å²) in [6.07, 6.45) is 8.06. The maximum atomic E-state index is 13.8. The molecule has 3 aliphatic heterocycles. The predicted molar refractivity (Wildman–Crippen MR) is 166 cm³/mol. The summed E-state index contributed by atoms with van der Waals surface area (Å²) in [5, 5.41) is 9.46. The molecule has 5 rings (SSSR count). The van der Waals surface area contributed by atoms with Gasteiger partial charge in [-0.3, -0.25) is 19.3 Å². The Morgan fingerprint density at radius 3 is 2.65 bits per heavy atom. The first-order chi connectivity index (χ1) is 20.8. The van der Waals surface area contributed by atoms with Crippen LogP contribution in [0.2, 0.25) is 0 Å². The van der Waals surface area contributed by atoms with E-state index in [1.807, 2.05) is 55.5 Å². The Hall–Kier alpha value is -3.69. The molecule has 0 radical (unpaired) electrons. The number of methoxy groups -OCH3 is 1. The van der Waals surface area contributed by atoms with Gasteiger partial charge < -0.3 is 25.4 Å². The van der Waals surface area contributed by atoms with Gasteiger partial charge in [-0.25, -0.2) is 0 Å². The van der Waals surface area contributed by atoms with Gasteiger partial charge in [-0.1, -0.05) is 48.6 Å². The van der Waals surface area contributed by atoms with Crippen LogP contribution >= 0.6 is 0 Å². The number of nitrogens with zero attached hydrogens (tertiary/aromatic N) is 1. The van der Waals surface area contributed by atoms with E-state index in [0.717, 1.165) is 24.0 Å². The van der Waals surface area contributed by atoms with Gasteiger partial charge in [0, 0.05) is 38.8 Å². The summed E-state index contributed by atoms with van der Waals surface area (Å²) in [6.45, 7) is 4.67. The molecule has 0 saturated carbocycles. The number of anilines is 1. The van der Waals surface area contributed by atoms with Crippen molar-refractivity contribution < 1.29 is 23.9 Å². The highest BCUT2D eigenvalue weighted by atomic mass is 16.5. The Morgan fingerprint density at radius 2 is 1.88 bits per heavy atom. The minimum atomic E-state index is -0.674. The normalized spacial score (nSPS) is 25.3. The van der Waals surface area contributed by atoms with Crippen LogP contribution in [-0.4, -0.2) is 74.7 Å². The van der Waals surface area contributed by atoms with Gasteiger partial charge in [0.15, 0.2) is 0 Å². The van der Waals surface area contributed by atoms with E-state index in [1.165, 1.54) is 0 Å². The molecule has 0 aromatic heterocycles. The van der Waals surface area contributed by atoms with Crippen LogP contribution in [0.15, 0.2) is 60.7 Å². The summed E-state index contributed by atoms with van der Waals surface area (Å²) in [5.74, 6) is 0.441. The maximum Gasteiger partial charge on any atom is 0.243 e. The third-order valence-corrected chi connectivity index (χ3v) is 9.09. The zero-order valence-electron chi connectivity index (χ0n) is 25.3. The van der Waals surface area contributed by atoms with Crippen LogP contribution in [0.3, 0.4) is 0 Å².